The van der Waals surface area contributed by atoms with Crippen molar-refractivity contribution in [2.24, 2.45) is 0 Å². The molecule has 1 N–H and O–H groups in total. The lowest BCUT2D eigenvalue weighted by Crippen LogP contribution is -2.09. The molecule has 2 aromatic carbocycles. The number of rotatable bonds is 4. The van der Waals surface area contributed by atoms with Gasteiger partial charge in [0.2, 0.25) is 0 Å². The molecule has 20 heavy (non-hydrogen) atoms. The number of aryl methyl sites for hydroxylation is 1. The number of anilines is 1. The van der Waals surface area contributed by atoms with Crippen LogP contribution in [0.5, 0.6) is 5.75 Å². The summed E-state index contributed by atoms with van der Waals surface area (Å²) in [6.07, 6.45) is 0. The van der Waals surface area contributed by atoms with Crippen LogP contribution in [0.4, 0.5) is 5.69 Å². The van der Waals surface area contributed by atoms with Gasteiger partial charge >= 0.3 is 0 Å². The second-order valence-electron chi connectivity index (χ2n) is 4.75. The molecule has 2 aromatic rings. The van der Waals surface area contributed by atoms with Crippen LogP contribution in [0, 0.1) is 18.3 Å². The van der Waals surface area contributed by atoms with Crippen LogP contribution in [0.1, 0.15) is 29.7 Å². The van der Waals surface area contributed by atoms with Crippen molar-refractivity contribution < 1.29 is 4.74 Å². The van der Waals surface area contributed by atoms with Gasteiger partial charge in [-0.05, 0) is 37.6 Å². The molecule has 0 aliphatic rings. The molecule has 3 heteroatoms. The molecule has 0 bridgehead atoms. The van der Waals surface area contributed by atoms with Crippen LogP contribution in [0.15, 0.2) is 42.5 Å². The Kier molecular flexibility index (Phi) is 4.27. The first-order valence-corrected chi connectivity index (χ1v) is 6.56. The molecule has 0 aromatic heterocycles. The minimum absolute atomic E-state index is 0.0961. The molecule has 102 valence electrons. The number of benzene rings is 2. The number of para-hydroxylation sites is 1. The summed E-state index contributed by atoms with van der Waals surface area (Å²) >= 11 is 0. The summed E-state index contributed by atoms with van der Waals surface area (Å²) in [5.74, 6) is 0.863. The molecular formula is C17H18N2O. The summed E-state index contributed by atoms with van der Waals surface area (Å²) in [6, 6.07) is 15.9. The molecule has 0 fully saturated rings. The fourth-order valence-corrected chi connectivity index (χ4v) is 2.18. The van der Waals surface area contributed by atoms with E-state index in [4.69, 9.17) is 10.00 Å². The second kappa shape index (κ2) is 6.12. The maximum absolute atomic E-state index is 8.99. The fraction of sp³-hybridized carbons (Fsp3) is 0.235. The standard InChI is InChI=1S/C17H18N2O/c1-12-8-9-14(11-18)10-16(12)19-13(2)15-6-4-5-7-17(15)20-3/h4-10,13,19H,1-3H3. The van der Waals surface area contributed by atoms with Gasteiger partial charge in [0, 0.05) is 11.3 Å². The van der Waals surface area contributed by atoms with E-state index in [1.807, 2.05) is 49.4 Å². The smallest absolute Gasteiger partial charge is 0.124 e. The van der Waals surface area contributed by atoms with E-state index in [0.29, 0.717) is 5.56 Å². The summed E-state index contributed by atoms with van der Waals surface area (Å²) in [5, 5.41) is 12.4. The summed E-state index contributed by atoms with van der Waals surface area (Å²) in [4.78, 5) is 0. The summed E-state index contributed by atoms with van der Waals surface area (Å²) in [7, 11) is 1.67. The third-order valence-corrected chi connectivity index (χ3v) is 3.34. The molecule has 0 heterocycles. The van der Waals surface area contributed by atoms with Crippen LogP contribution in [-0.2, 0) is 0 Å². The van der Waals surface area contributed by atoms with Gasteiger partial charge in [-0.3, -0.25) is 0 Å². The van der Waals surface area contributed by atoms with Crippen molar-refractivity contribution in [3.63, 3.8) is 0 Å². The van der Waals surface area contributed by atoms with Crippen molar-refractivity contribution in [1.82, 2.24) is 0 Å². The lowest BCUT2D eigenvalue weighted by molar-refractivity contribution is 0.408. The number of hydrogen-bond donors (Lipinski definition) is 1. The number of nitriles is 1. The van der Waals surface area contributed by atoms with Crippen molar-refractivity contribution >= 4 is 5.69 Å². The quantitative estimate of drug-likeness (QED) is 0.908. The predicted molar refractivity (Wildman–Crippen MR) is 80.9 cm³/mol. The maximum atomic E-state index is 8.99. The Morgan fingerprint density at radius 3 is 2.65 bits per heavy atom. The third-order valence-electron chi connectivity index (χ3n) is 3.34. The Bertz CT molecular complexity index is 644. The molecule has 0 aliphatic heterocycles. The number of nitrogens with one attached hydrogen (secondary N) is 1. The van der Waals surface area contributed by atoms with Crippen molar-refractivity contribution in [3.05, 3.63) is 59.2 Å². The number of methoxy groups -OCH3 is 1. The number of ether oxygens (including phenoxy) is 1. The van der Waals surface area contributed by atoms with Gasteiger partial charge in [-0.25, -0.2) is 0 Å². The van der Waals surface area contributed by atoms with E-state index in [2.05, 4.69) is 18.3 Å². The van der Waals surface area contributed by atoms with E-state index in [1.54, 1.807) is 7.11 Å². The number of nitrogens with zero attached hydrogens (tertiary/aromatic N) is 1. The van der Waals surface area contributed by atoms with Crippen LogP contribution in [0.3, 0.4) is 0 Å². The monoisotopic (exact) mass is 266 g/mol. The second-order valence-corrected chi connectivity index (χ2v) is 4.75. The molecule has 2 rings (SSSR count). The Labute approximate surface area is 119 Å². The van der Waals surface area contributed by atoms with E-state index in [1.165, 1.54) is 0 Å². The SMILES string of the molecule is COc1ccccc1C(C)Nc1cc(C#N)ccc1C. The van der Waals surface area contributed by atoms with Crippen molar-refractivity contribution in [2.45, 2.75) is 19.9 Å². The first kappa shape index (κ1) is 14.0. The van der Waals surface area contributed by atoms with Gasteiger partial charge in [-0.2, -0.15) is 5.26 Å². The predicted octanol–water partition coefficient (Wildman–Crippen LogP) is 4.05. The van der Waals surface area contributed by atoms with Gasteiger partial charge in [0.05, 0.1) is 24.8 Å². The highest BCUT2D eigenvalue weighted by molar-refractivity contribution is 5.56. The summed E-state index contributed by atoms with van der Waals surface area (Å²) in [6.45, 7) is 4.11. The van der Waals surface area contributed by atoms with E-state index in [0.717, 1.165) is 22.6 Å². The molecule has 0 saturated carbocycles. The normalized spacial score (nSPS) is 11.5. The zero-order valence-corrected chi connectivity index (χ0v) is 12.0. The molecule has 0 amide bonds. The number of hydrogen-bond acceptors (Lipinski definition) is 3. The molecule has 3 nitrogen and oxygen atoms in total. The van der Waals surface area contributed by atoms with E-state index >= 15 is 0 Å². The Balaban J connectivity index is 2.28. The van der Waals surface area contributed by atoms with Crippen LogP contribution in [0.25, 0.3) is 0 Å². The Morgan fingerprint density at radius 2 is 1.95 bits per heavy atom. The third kappa shape index (κ3) is 2.92. The molecule has 0 spiro atoms. The average molecular weight is 266 g/mol. The molecule has 1 atom stereocenters. The first-order valence-electron chi connectivity index (χ1n) is 6.56. The Hall–Kier alpha value is -2.47. The topological polar surface area (TPSA) is 45.0 Å². The average Bonchev–Trinajstić information content (AvgIpc) is 2.49. The summed E-state index contributed by atoms with van der Waals surface area (Å²) < 4.78 is 5.39. The van der Waals surface area contributed by atoms with Gasteiger partial charge < -0.3 is 10.1 Å². The van der Waals surface area contributed by atoms with Gasteiger partial charge in [0.15, 0.2) is 0 Å². The summed E-state index contributed by atoms with van der Waals surface area (Å²) in [5.41, 5.74) is 3.84. The van der Waals surface area contributed by atoms with E-state index in [9.17, 15) is 0 Å². The van der Waals surface area contributed by atoms with Crippen LogP contribution >= 0.6 is 0 Å². The van der Waals surface area contributed by atoms with Gasteiger partial charge in [-0.15, -0.1) is 0 Å². The highest BCUT2D eigenvalue weighted by Gasteiger charge is 2.11. The fourth-order valence-electron chi connectivity index (χ4n) is 2.18. The van der Waals surface area contributed by atoms with Crippen LogP contribution in [-0.4, -0.2) is 7.11 Å². The molecule has 0 radical (unpaired) electrons. The Morgan fingerprint density at radius 1 is 1.20 bits per heavy atom. The van der Waals surface area contributed by atoms with Crippen molar-refractivity contribution in [3.8, 4) is 11.8 Å². The van der Waals surface area contributed by atoms with Crippen molar-refractivity contribution in [1.29, 1.82) is 5.26 Å². The van der Waals surface area contributed by atoms with E-state index in [-0.39, 0.29) is 6.04 Å². The first-order chi connectivity index (χ1) is 9.65. The molecule has 0 aliphatic carbocycles. The zero-order chi connectivity index (χ0) is 14.5. The minimum Gasteiger partial charge on any atom is -0.496 e. The molecule has 0 saturated heterocycles. The maximum Gasteiger partial charge on any atom is 0.124 e. The largest absolute Gasteiger partial charge is 0.496 e. The lowest BCUT2D eigenvalue weighted by atomic mass is 10.1. The van der Waals surface area contributed by atoms with Crippen LogP contribution < -0.4 is 10.1 Å². The van der Waals surface area contributed by atoms with Gasteiger partial charge in [0.25, 0.3) is 0 Å². The van der Waals surface area contributed by atoms with Crippen molar-refractivity contribution in [2.75, 3.05) is 12.4 Å². The van der Waals surface area contributed by atoms with Gasteiger partial charge in [0.1, 0.15) is 5.75 Å². The minimum atomic E-state index is 0.0961. The van der Waals surface area contributed by atoms with E-state index < -0.39 is 0 Å². The lowest BCUT2D eigenvalue weighted by Gasteiger charge is -2.19. The zero-order valence-electron chi connectivity index (χ0n) is 12.0. The molecule has 1 unspecified atom stereocenters. The highest BCUT2D eigenvalue weighted by Crippen LogP contribution is 2.28. The van der Waals surface area contributed by atoms with Gasteiger partial charge in [-0.1, -0.05) is 24.3 Å². The molecular weight excluding hydrogens is 248 g/mol. The highest BCUT2D eigenvalue weighted by atomic mass is 16.5. The van der Waals surface area contributed by atoms with Crippen LogP contribution in [0.2, 0.25) is 0 Å².